The first-order valence-corrected chi connectivity index (χ1v) is 4.06. The van der Waals surface area contributed by atoms with Crippen LogP contribution in [0.3, 0.4) is 0 Å². The van der Waals surface area contributed by atoms with Crippen LogP contribution in [0.4, 0.5) is 0 Å². The van der Waals surface area contributed by atoms with E-state index >= 15 is 0 Å². The number of carbonyl (C=O) groups excluding carboxylic acids is 2. The first-order chi connectivity index (χ1) is 5.77. The van der Waals surface area contributed by atoms with Crippen LogP contribution < -0.4 is 0 Å². The minimum absolute atomic E-state index is 0.206. The van der Waals surface area contributed by atoms with Crippen LogP contribution in [0, 0.1) is 0 Å². The van der Waals surface area contributed by atoms with Crippen LogP contribution in [0.1, 0.15) is 26.2 Å². The van der Waals surface area contributed by atoms with E-state index in [0.717, 1.165) is 12.8 Å². The van der Waals surface area contributed by atoms with Crippen molar-refractivity contribution >= 4 is 12.4 Å². The molecule has 1 saturated carbocycles. The molecule has 4 heteroatoms. The summed E-state index contributed by atoms with van der Waals surface area (Å²) in [6.07, 6.45) is 1.54. The number of hydrogen-bond donors (Lipinski definition) is 0. The third kappa shape index (κ3) is 1.96. The van der Waals surface area contributed by atoms with E-state index in [2.05, 4.69) is 4.74 Å². The Morgan fingerprint density at radius 3 is 2.58 bits per heavy atom. The van der Waals surface area contributed by atoms with E-state index in [4.69, 9.17) is 4.74 Å². The Morgan fingerprint density at radius 1 is 1.50 bits per heavy atom. The summed E-state index contributed by atoms with van der Waals surface area (Å²) in [7, 11) is 0. The lowest BCUT2D eigenvalue weighted by Gasteiger charge is -2.33. The molecular formula is C8H12O4. The maximum atomic E-state index is 10.8. The fourth-order valence-corrected chi connectivity index (χ4v) is 1.05. The van der Waals surface area contributed by atoms with Gasteiger partial charge < -0.3 is 9.47 Å². The summed E-state index contributed by atoms with van der Waals surface area (Å²) >= 11 is 0. The fraction of sp³-hybridized carbons (Fsp3) is 0.750. The molecule has 4 nitrogen and oxygen atoms in total. The lowest BCUT2D eigenvalue weighted by Crippen LogP contribution is -2.42. The van der Waals surface area contributed by atoms with Gasteiger partial charge in [0.15, 0.2) is 0 Å². The summed E-state index contributed by atoms with van der Waals surface area (Å²) in [5, 5.41) is 0. The molecule has 2 atom stereocenters. The van der Waals surface area contributed by atoms with Gasteiger partial charge >= 0.3 is 5.97 Å². The molecule has 0 spiro atoms. The van der Waals surface area contributed by atoms with Gasteiger partial charge in [0.2, 0.25) is 0 Å². The monoisotopic (exact) mass is 172 g/mol. The zero-order chi connectivity index (χ0) is 8.97. The third-order valence-corrected chi connectivity index (χ3v) is 1.95. The van der Waals surface area contributed by atoms with Gasteiger partial charge in [-0.3, -0.25) is 9.59 Å². The number of carbonyl (C=O) groups is 2. The van der Waals surface area contributed by atoms with Crippen LogP contribution in [0.5, 0.6) is 0 Å². The van der Waals surface area contributed by atoms with E-state index in [1.165, 1.54) is 0 Å². The van der Waals surface area contributed by atoms with Crippen molar-refractivity contribution in [3.05, 3.63) is 0 Å². The molecule has 1 rings (SSSR count). The lowest BCUT2D eigenvalue weighted by atomic mass is 9.92. The number of ether oxygens (including phenoxy) is 2. The van der Waals surface area contributed by atoms with Crippen molar-refractivity contribution in [3.8, 4) is 0 Å². The van der Waals surface area contributed by atoms with Gasteiger partial charge in [0, 0.05) is 6.42 Å². The molecule has 68 valence electrons. The Labute approximate surface area is 70.8 Å². The minimum atomic E-state index is -0.237. The molecular weight excluding hydrogens is 160 g/mol. The summed E-state index contributed by atoms with van der Waals surface area (Å²) in [6.45, 7) is 2.13. The molecule has 1 aliphatic rings. The van der Waals surface area contributed by atoms with Gasteiger partial charge in [0.1, 0.15) is 12.2 Å². The van der Waals surface area contributed by atoms with E-state index in [1.807, 2.05) is 0 Å². The van der Waals surface area contributed by atoms with Crippen LogP contribution in [0.2, 0.25) is 0 Å². The summed E-state index contributed by atoms with van der Waals surface area (Å²) in [4.78, 5) is 20.7. The molecule has 0 aromatic heterocycles. The average Bonchev–Trinajstić information content (AvgIpc) is 2.08. The fourth-order valence-electron chi connectivity index (χ4n) is 1.05. The molecule has 0 saturated heterocycles. The maximum Gasteiger partial charge on any atom is 0.305 e. The topological polar surface area (TPSA) is 52.6 Å². The van der Waals surface area contributed by atoms with Crippen LogP contribution in [0.25, 0.3) is 0 Å². The molecule has 0 radical (unpaired) electrons. The van der Waals surface area contributed by atoms with E-state index in [9.17, 15) is 9.59 Å². The van der Waals surface area contributed by atoms with Gasteiger partial charge in [-0.2, -0.15) is 0 Å². The van der Waals surface area contributed by atoms with Crippen LogP contribution in [0.15, 0.2) is 0 Å². The Morgan fingerprint density at radius 2 is 2.17 bits per heavy atom. The third-order valence-electron chi connectivity index (χ3n) is 1.95. The summed E-state index contributed by atoms with van der Waals surface area (Å²) in [6, 6.07) is 0. The molecule has 12 heavy (non-hydrogen) atoms. The van der Waals surface area contributed by atoms with E-state index < -0.39 is 0 Å². The van der Waals surface area contributed by atoms with Crippen LogP contribution in [-0.4, -0.2) is 24.6 Å². The van der Waals surface area contributed by atoms with Crippen molar-refractivity contribution in [1.29, 1.82) is 0 Å². The Balaban J connectivity index is 2.24. The average molecular weight is 172 g/mol. The number of esters is 1. The van der Waals surface area contributed by atoms with Gasteiger partial charge in [-0.15, -0.1) is 0 Å². The molecule has 0 aromatic carbocycles. The largest absolute Gasteiger partial charge is 0.461 e. The molecule has 0 N–H and O–H groups in total. The molecule has 0 amide bonds. The Bertz CT molecular complexity index is 178. The van der Waals surface area contributed by atoms with Crippen molar-refractivity contribution < 1.29 is 19.1 Å². The quantitative estimate of drug-likeness (QED) is 0.461. The second kappa shape index (κ2) is 4.09. The van der Waals surface area contributed by atoms with Crippen LogP contribution in [-0.2, 0) is 19.1 Å². The summed E-state index contributed by atoms with van der Waals surface area (Å²) in [5.74, 6) is -0.237. The highest BCUT2D eigenvalue weighted by atomic mass is 16.6. The van der Waals surface area contributed by atoms with Gasteiger partial charge in [0.05, 0.1) is 0 Å². The normalized spacial score (nSPS) is 27.1. The predicted molar refractivity (Wildman–Crippen MR) is 40.3 cm³/mol. The van der Waals surface area contributed by atoms with Crippen molar-refractivity contribution in [3.63, 3.8) is 0 Å². The van der Waals surface area contributed by atoms with Crippen molar-refractivity contribution in [2.45, 2.75) is 38.4 Å². The van der Waals surface area contributed by atoms with Gasteiger partial charge in [-0.25, -0.2) is 0 Å². The van der Waals surface area contributed by atoms with Crippen molar-refractivity contribution in [1.82, 2.24) is 0 Å². The number of rotatable bonds is 4. The van der Waals surface area contributed by atoms with Crippen LogP contribution >= 0.6 is 0 Å². The molecule has 1 aliphatic carbocycles. The first-order valence-electron chi connectivity index (χ1n) is 4.06. The number of hydrogen-bond acceptors (Lipinski definition) is 4. The summed E-state index contributed by atoms with van der Waals surface area (Å²) in [5.41, 5.74) is 0. The van der Waals surface area contributed by atoms with E-state index in [0.29, 0.717) is 12.9 Å². The van der Waals surface area contributed by atoms with Crippen molar-refractivity contribution in [2.24, 2.45) is 0 Å². The highest BCUT2D eigenvalue weighted by Gasteiger charge is 2.35. The van der Waals surface area contributed by atoms with Gasteiger partial charge in [-0.05, 0) is 12.8 Å². The molecule has 2 unspecified atom stereocenters. The van der Waals surface area contributed by atoms with Gasteiger partial charge in [-0.1, -0.05) is 6.92 Å². The molecule has 0 bridgehead atoms. The van der Waals surface area contributed by atoms with Crippen molar-refractivity contribution in [2.75, 3.05) is 0 Å². The second-order valence-corrected chi connectivity index (χ2v) is 2.73. The molecule has 0 aliphatic heterocycles. The Kier molecular flexibility index (Phi) is 3.08. The predicted octanol–water partition coefficient (Wildman–Crippen LogP) is 0.644. The molecule has 0 aromatic rings. The molecule has 0 heterocycles. The SMILES string of the molecule is CCC(=O)OC1CCC1OC=O. The van der Waals surface area contributed by atoms with E-state index in [-0.39, 0.29) is 18.2 Å². The zero-order valence-corrected chi connectivity index (χ0v) is 6.99. The lowest BCUT2D eigenvalue weighted by molar-refractivity contribution is -0.173. The van der Waals surface area contributed by atoms with Gasteiger partial charge in [0.25, 0.3) is 6.47 Å². The zero-order valence-electron chi connectivity index (χ0n) is 6.99. The highest BCUT2D eigenvalue weighted by molar-refractivity contribution is 5.69. The maximum absolute atomic E-state index is 10.8. The van der Waals surface area contributed by atoms with E-state index in [1.54, 1.807) is 6.92 Å². The Hall–Kier alpha value is -1.06. The highest BCUT2D eigenvalue weighted by Crippen LogP contribution is 2.26. The first kappa shape index (κ1) is 9.03. The summed E-state index contributed by atoms with van der Waals surface area (Å²) < 4.78 is 9.66. The minimum Gasteiger partial charge on any atom is -0.461 e. The smallest absolute Gasteiger partial charge is 0.305 e. The standard InChI is InChI=1S/C8H12O4/c1-2-8(10)12-7-4-3-6(7)11-5-9/h5-7H,2-4H2,1H3. The molecule has 1 fully saturated rings. The second-order valence-electron chi connectivity index (χ2n) is 2.73.